The fraction of sp³-hybridized carbons (Fsp3) is 0.357. The number of alkyl halides is 3. The Bertz CT molecular complexity index is 1420. The molecule has 11 nitrogen and oxygen atoms in total. The van der Waals surface area contributed by atoms with Gasteiger partial charge in [0.25, 0.3) is 5.69 Å². The van der Waals surface area contributed by atoms with Crippen molar-refractivity contribution in [1.29, 1.82) is 0 Å². The van der Waals surface area contributed by atoms with Crippen LogP contribution in [0.1, 0.15) is 25.3 Å². The van der Waals surface area contributed by atoms with Crippen LogP contribution >= 0.6 is 0 Å². The average molecular weight is 593 g/mol. The summed E-state index contributed by atoms with van der Waals surface area (Å²) in [4.78, 5) is 36.9. The maximum absolute atomic E-state index is 14.1. The lowest BCUT2D eigenvalue weighted by molar-refractivity contribution is -0.384. The molecule has 4 rings (SSSR count). The minimum Gasteiger partial charge on any atom is -0.487 e. The predicted molar refractivity (Wildman–Crippen MR) is 140 cm³/mol. The number of esters is 2. The number of halogens is 3. The summed E-state index contributed by atoms with van der Waals surface area (Å²) in [6.07, 6.45) is -5.03. The third kappa shape index (κ3) is 7.18. The summed E-state index contributed by atoms with van der Waals surface area (Å²) in [6.45, 7) is 2.85. The van der Waals surface area contributed by atoms with E-state index < -0.39 is 45.9 Å². The first-order chi connectivity index (χ1) is 20.0. The number of non-ortho nitro benzene ring substituents is 1. The van der Waals surface area contributed by atoms with Gasteiger partial charge >= 0.3 is 18.1 Å². The molecule has 1 saturated heterocycles. The molecule has 2 unspecified atom stereocenters. The summed E-state index contributed by atoms with van der Waals surface area (Å²) in [5.74, 6) is -3.26. The summed E-state index contributed by atoms with van der Waals surface area (Å²) in [6, 6.07) is 11.5. The van der Waals surface area contributed by atoms with Crippen LogP contribution in [0.3, 0.4) is 0 Å². The summed E-state index contributed by atoms with van der Waals surface area (Å²) in [5, 5.41) is 13.5. The van der Waals surface area contributed by atoms with Crippen molar-refractivity contribution in [3.63, 3.8) is 0 Å². The van der Waals surface area contributed by atoms with E-state index in [1.165, 1.54) is 26.0 Å². The smallest absolute Gasteiger partial charge is 0.431 e. The van der Waals surface area contributed by atoms with E-state index in [1.54, 1.807) is 24.3 Å². The second kappa shape index (κ2) is 12.9. The number of carbonyl (C=O) groups excluding carboxylic acids is 2. The molecule has 1 N–H and O–H groups in total. The Balaban J connectivity index is 1.60. The number of para-hydroxylation sites is 2. The zero-order valence-electron chi connectivity index (χ0n) is 22.6. The van der Waals surface area contributed by atoms with Crippen LogP contribution in [-0.4, -0.2) is 62.2 Å². The Kier molecular flexibility index (Phi) is 9.35. The molecule has 224 valence electrons. The van der Waals surface area contributed by atoms with Crippen LogP contribution in [0.25, 0.3) is 0 Å². The lowest BCUT2D eigenvalue weighted by Crippen LogP contribution is -2.38. The first kappa shape index (κ1) is 30.4. The Morgan fingerprint density at radius 3 is 2.31 bits per heavy atom. The Labute approximate surface area is 238 Å². The van der Waals surface area contributed by atoms with E-state index in [-0.39, 0.29) is 42.8 Å². The van der Waals surface area contributed by atoms with Gasteiger partial charge in [-0.1, -0.05) is 24.3 Å². The maximum atomic E-state index is 14.1. The van der Waals surface area contributed by atoms with Gasteiger partial charge in [-0.15, -0.1) is 0 Å². The van der Waals surface area contributed by atoms with Crippen LogP contribution in [0.15, 0.2) is 71.1 Å². The van der Waals surface area contributed by atoms with E-state index in [4.69, 9.17) is 23.7 Å². The number of carbonyl (C=O) groups is 2. The van der Waals surface area contributed by atoms with E-state index in [1.807, 2.05) is 0 Å². The van der Waals surface area contributed by atoms with E-state index in [0.717, 1.165) is 12.1 Å². The molecule has 2 heterocycles. The molecule has 0 aromatic heterocycles. The molecule has 0 saturated carbocycles. The normalized spacial score (nSPS) is 18.2. The van der Waals surface area contributed by atoms with Crippen molar-refractivity contribution in [3.05, 3.63) is 86.7 Å². The molecular formula is C28H27F3N2O9. The number of nitro benzene ring substituents is 1. The molecule has 0 aliphatic carbocycles. The predicted octanol–water partition coefficient (Wildman–Crippen LogP) is 4.33. The van der Waals surface area contributed by atoms with Crippen LogP contribution < -0.4 is 14.8 Å². The van der Waals surface area contributed by atoms with Crippen molar-refractivity contribution in [2.24, 2.45) is 0 Å². The lowest BCUT2D eigenvalue weighted by atomic mass is 9.80. The molecule has 2 aromatic rings. The molecule has 0 radical (unpaired) electrons. The van der Waals surface area contributed by atoms with Crippen molar-refractivity contribution in [1.82, 2.24) is 5.32 Å². The second-order valence-corrected chi connectivity index (χ2v) is 9.15. The Morgan fingerprint density at radius 1 is 1.02 bits per heavy atom. The molecule has 0 amide bonds. The number of nitrogens with zero attached hydrogens (tertiary/aromatic N) is 1. The van der Waals surface area contributed by atoms with Gasteiger partial charge in [0.05, 0.1) is 35.2 Å². The van der Waals surface area contributed by atoms with E-state index in [2.05, 4.69) is 5.32 Å². The van der Waals surface area contributed by atoms with Crippen LogP contribution in [0.5, 0.6) is 11.5 Å². The first-order valence-corrected chi connectivity index (χ1v) is 12.8. The third-order valence-corrected chi connectivity index (χ3v) is 6.23. The van der Waals surface area contributed by atoms with Crippen LogP contribution in [-0.2, 0) is 23.8 Å². The summed E-state index contributed by atoms with van der Waals surface area (Å²) in [7, 11) is 0. The van der Waals surface area contributed by atoms with Gasteiger partial charge in [0, 0.05) is 17.8 Å². The van der Waals surface area contributed by atoms with Crippen molar-refractivity contribution in [2.75, 3.05) is 33.0 Å². The highest BCUT2D eigenvalue weighted by Gasteiger charge is 2.47. The lowest BCUT2D eigenvalue weighted by Gasteiger charge is -2.32. The zero-order chi connectivity index (χ0) is 30.4. The third-order valence-electron chi connectivity index (χ3n) is 6.23. The molecule has 2 aliphatic rings. The number of nitrogens with one attached hydrogen (secondary N) is 1. The van der Waals surface area contributed by atoms with Crippen molar-refractivity contribution in [3.8, 4) is 11.5 Å². The summed E-state index contributed by atoms with van der Waals surface area (Å²) >= 11 is 0. The van der Waals surface area contributed by atoms with Gasteiger partial charge in [-0.2, -0.15) is 13.2 Å². The number of nitro groups is 1. The average Bonchev–Trinajstić information content (AvgIpc) is 3.78. The number of hydrogen-bond acceptors (Lipinski definition) is 10. The zero-order valence-corrected chi connectivity index (χ0v) is 22.6. The Morgan fingerprint density at radius 2 is 1.69 bits per heavy atom. The molecule has 2 atom stereocenters. The minimum absolute atomic E-state index is 0.0185. The van der Waals surface area contributed by atoms with E-state index in [9.17, 15) is 32.9 Å². The highest BCUT2D eigenvalue weighted by Crippen LogP contribution is 2.44. The second-order valence-electron chi connectivity index (χ2n) is 9.15. The van der Waals surface area contributed by atoms with Crippen LogP contribution in [0.4, 0.5) is 18.9 Å². The molecule has 2 aliphatic heterocycles. The van der Waals surface area contributed by atoms with Crippen molar-refractivity contribution >= 4 is 17.6 Å². The SMILES string of the molecule is CCOC(=O)C1=C(C(F)(F)F)NC(C)=C(C(=O)OCCOc2ccccc2OCC2CO2)C1c1cccc([N+](=O)[O-])c1. The standard InChI is InChI=1S/C28H27F3N2O9/c1-3-38-27(35)24-23(17-7-6-8-18(13-17)33(36)37)22(16(2)32-25(24)28(29,30)31)26(34)40-12-11-39-20-9-4-5-10-21(20)42-15-19-14-41-19/h4-10,13,19,23,32H,3,11-12,14-15H2,1-2H3. The fourth-order valence-electron chi connectivity index (χ4n) is 4.30. The minimum atomic E-state index is -5.05. The van der Waals surface area contributed by atoms with Crippen LogP contribution in [0.2, 0.25) is 0 Å². The largest absolute Gasteiger partial charge is 0.487 e. The highest BCUT2D eigenvalue weighted by atomic mass is 19.4. The number of dihydropyridines is 1. The van der Waals surface area contributed by atoms with Gasteiger partial charge in [0.15, 0.2) is 11.5 Å². The van der Waals surface area contributed by atoms with Crippen molar-refractivity contribution < 1.29 is 51.4 Å². The van der Waals surface area contributed by atoms with Crippen molar-refractivity contribution in [2.45, 2.75) is 32.0 Å². The molecule has 1 fully saturated rings. The number of benzene rings is 2. The molecular weight excluding hydrogens is 565 g/mol. The topological polar surface area (TPSA) is 139 Å². The van der Waals surface area contributed by atoms with Gasteiger partial charge in [-0.05, 0) is 31.5 Å². The first-order valence-electron chi connectivity index (χ1n) is 12.8. The number of epoxide rings is 1. The molecule has 14 heteroatoms. The Hall–Kier alpha value is -4.59. The van der Waals surface area contributed by atoms with Gasteiger partial charge in [0.2, 0.25) is 0 Å². The number of allylic oxidation sites excluding steroid dienone is 2. The fourth-order valence-corrected chi connectivity index (χ4v) is 4.30. The van der Waals surface area contributed by atoms with E-state index in [0.29, 0.717) is 24.7 Å². The molecule has 0 bridgehead atoms. The number of hydrogen-bond donors (Lipinski definition) is 1. The summed E-state index contributed by atoms with van der Waals surface area (Å²) < 4.78 is 69.1. The monoisotopic (exact) mass is 592 g/mol. The molecule has 42 heavy (non-hydrogen) atoms. The summed E-state index contributed by atoms with van der Waals surface area (Å²) in [5.41, 5.74) is -3.52. The van der Waals surface area contributed by atoms with Gasteiger partial charge in [-0.3, -0.25) is 10.1 Å². The quantitative estimate of drug-likeness (QED) is 0.125. The number of rotatable bonds is 12. The maximum Gasteiger partial charge on any atom is 0.431 e. The molecule has 2 aromatic carbocycles. The van der Waals surface area contributed by atoms with Gasteiger partial charge < -0.3 is 29.0 Å². The highest BCUT2D eigenvalue weighted by molar-refractivity contribution is 6.00. The van der Waals surface area contributed by atoms with E-state index >= 15 is 0 Å². The molecule has 0 spiro atoms. The van der Waals surface area contributed by atoms with Gasteiger partial charge in [-0.25, -0.2) is 9.59 Å². The van der Waals surface area contributed by atoms with Crippen LogP contribution in [0, 0.1) is 10.1 Å². The number of ether oxygens (including phenoxy) is 5. The van der Waals surface area contributed by atoms with Gasteiger partial charge in [0.1, 0.15) is 31.6 Å².